The van der Waals surface area contributed by atoms with Gasteiger partial charge >= 0.3 is 0 Å². The van der Waals surface area contributed by atoms with Crippen LogP contribution in [-0.2, 0) is 12.8 Å². The number of fused-ring (bicyclic) bond motifs is 1. The number of benzene rings is 1. The first-order chi connectivity index (χ1) is 9.26. The molecule has 0 aliphatic rings. The van der Waals surface area contributed by atoms with Crippen LogP contribution in [0.15, 0.2) is 24.3 Å². The monoisotopic (exact) mass is 272 g/mol. The molecule has 0 aliphatic heterocycles. The van der Waals surface area contributed by atoms with Gasteiger partial charge in [0.1, 0.15) is 5.00 Å². The lowest BCUT2D eigenvalue weighted by Crippen LogP contribution is -2.01. The molecule has 2 heterocycles. The van der Waals surface area contributed by atoms with Gasteiger partial charge in [0, 0.05) is 5.39 Å². The summed E-state index contributed by atoms with van der Waals surface area (Å²) in [4.78, 5) is 0. The minimum atomic E-state index is 0.822. The third kappa shape index (κ3) is 1.81. The quantitative estimate of drug-likeness (QED) is 0.796. The summed E-state index contributed by atoms with van der Waals surface area (Å²) in [7, 11) is 0. The van der Waals surface area contributed by atoms with Crippen molar-refractivity contribution in [3.8, 4) is 5.00 Å². The smallest absolute Gasteiger partial charge is 0.145 e. The van der Waals surface area contributed by atoms with Gasteiger partial charge in [-0.1, -0.05) is 26.0 Å². The van der Waals surface area contributed by atoms with Crippen molar-refractivity contribution in [2.75, 3.05) is 5.73 Å². The molecule has 0 bridgehead atoms. The number of anilines is 1. The van der Waals surface area contributed by atoms with Crippen molar-refractivity contribution < 1.29 is 0 Å². The normalized spacial score (nSPS) is 11.3. The van der Waals surface area contributed by atoms with Crippen LogP contribution >= 0.6 is 11.5 Å². The van der Waals surface area contributed by atoms with Crippen molar-refractivity contribution >= 4 is 28.1 Å². The fourth-order valence-electron chi connectivity index (χ4n) is 2.31. The van der Waals surface area contributed by atoms with Gasteiger partial charge in [0.05, 0.1) is 22.6 Å². The second-order valence-corrected chi connectivity index (χ2v) is 5.18. The Hall–Kier alpha value is -1.88. The number of nitrogens with zero attached hydrogens (tertiary/aromatic N) is 3. The molecule has 1 aromatic carbocycles. The van der Waals surface area contributed by atoms with Crippen LogP contribution in [0, 0.1) is 0 Å². The molecule has 19 heavy (non-hydrogen) atoms. The summed E-state index contributed by atoms with van der Waals surface area (Å²) in [5, 5.41) is 6.84. The van der Waals surface area contributed by atoms with Gasteiger partial charge in [-0.15, -0.1) is 0 Å². The Morgan fingerprint density at radius 1 is 1.21 bits per heavy atom. The molecule has 0 radical (unpaired) electrons. The Morgan fingerprint density at radius 3 is 2.74 bits per heavy atom. The third-order valence-electron chi connectivity index (χ3n) is 3.33. The summed E-state index contributed by atoms with van der Waals surface area (Å²) in [6.45, 7) is 4.18. The van der Waals surface area contributed by atoms with Crippen LogP contribution in [-0.4, -0.2) is 14.2 Å². The number of nitrogen functional groups attached to an aromatic ring is 1. The summed E-state index contributed by atoms with van der Waals surface area (Å²) in [5.41, 5.74) is 10.1. The highest BCUT2D eigenvalue weighted by Crippen LogP contribution is 2.30. The standard InChI is InChI=1S/C14H16N4S/c1-3-10-13(15)12(4-2)18(16-10)14-9-7-5-6-8-11(9)17-19-14/h5-8H,3-4,15H2,1-2H3. The lowest BCUT2D eigenvalue weighted by molar-refractivity contribution is 0.810. The maximum absolute atomic E-state index is 6.18. The first-order valence-electron chi connectivity index (χ1n) is 6.47. The molecule has 0 amide bonds. The van der Waals surface area contributed by atoms with Crippen LogP contribution in [0.1, 0.15) is 25.2 Å². The van der Waals surface area contributed by atoms with E-state index in [2.05, 4.69) is 29.4 Å². The average molecular weight is 272 g/mol. The van der Waals surface area contributed by atoms with Crippen LogP contribution in [0.2, 0.25) is 0 Å². The molecule has 2 N–H and O–H groups in total. The molecular weight excluding hydrogens is 256 g/mol. The number of aryl methyl sites for hydroxylation is 1. The minimum absolute atomic E-state index is 0.822. The molecule has 0 saturated carbocycles. The summed E-state index contributed by atoms with van der Waals surface area (Å²) in [6.07, 6.45) is 1.72. The molecule has 98 valence electrons. The largest absolute Gasteiger partial charge is 0.396 e. The lowest BCUT2D eigenvalue weighted by Gasteiger charge is -2.03. The van der Waals surface area contributed by atoms with Gasteiger partial charge in [0.2, 0.25) is 0 Å². The topological polar surface area (TPSA) is 56.7 Å². The predicted octanol–water partition coefficient (Wildman–Crippen LogP) is 3.19. The van der Waals surface area contributed by atoms with Gasteiger partial charge in [-0.3, -0.25) is 0 Å². The van der Waals surface area contributed by atoms with Crippen molar-refractivity contribution in [1.29, 1.82) is 0 Å². The molecule has 0 aliphatic carbocycles. The SMILES string of the molecule is CCc1nn(-c2snc3ccccc23)c(CC)c1N. The zero-order valence-corrected chi connectivity index (χ0v) is 11.9. The highest BCUT2D eigenvalue weighted by Gasteiger charge is 2.17. The van der Waals surface area contributed by atoms with Crippen molar-refractivity contribution in [1.82, 2.24) is 14.2 Å². The summed E-state index contributed by atoms with van der Waals surface area (Å²) in [5.74, 6) is 0. The van der Waals surface area contributed by atoms with E-state index in [1.807, 2.05) is 22.9 Å². The molecule has 0 unspecified atom stereocenters. The molecule has 0 spiro atoms. The Kier molecular flexibility index (Phi) is 2.98. The Bertz CT molecular complexity index is 726. The maximum atomic E-state index is 6.18. The van der Waals surface area contributed by atoms with Gasteiger partial charge in [-0.05, 0) is 36.5 Å². The van der Waals surface area contributed by atoms with E-state index in [0.717, 1.165) is 45.8 Å². The lowest BCUT2D eigenvalue weighted by atomic mass is 10.2. The van der Waals surface area contributed by atoms with Crippen molar-refractivity contribution in [2.45, 2.75) is 26.7 Å². The van der Waals surface area contributed by atoms with E-state index in [4.69, 9.17) is 5.73 Å². The zero-order chi connectivity index (χ0) is 13.4. The fraction of sp³-hybridized carbons (Fsp3) is 0.286. The van der Waals surface area contributed by atoms with Gasteiger partial charge < -0.3 is 5.73 Å². The minimum Gasteiger partial charge on any atom is -0.396 e. The van der Waals surface area contributed by atoms with E-state index in [0.29, 0.717) is 0 Å². The molecule has 0 saturated heterocycles. The molecule has 4 nitrogen and oxygen atoms in total. The van der Waals surface area contributed by atoms with E-state index >= 15 is 0 Å². The number of hydrogen-bond donors (Lipinski definition) is 1. The molecular formula is C14H16N4S. The number of nitrogens with two attached hydrogens (primary N) is 1. The van der Waals surface area contributed by atoms with Gasteiger partial charge in [0.25, 0.3) is 0 Å². The van der Waals surface area contributed by atoms with Crippen LogP contribution in [0.25, 0.3) is 15.9 Å². The zero-order valence-electron chi connectivity index (χ0n) is 11.1. The van der Waals surface area contributed by atoms with E-state index in [1.54, 1.807) is 0 Å². The first-order valence-corrected chi connectivity index (χ1v) is 7.24. The van der Waals surface area contributed by atoms with Crippen molar-refractivity contribution in [2.24, 2.45) is 0 Å². The molecule has 0 fully saturated rings. The van der Waals surface area contributed by atoms with Crippen LogP contribution in [0.5, 0.6) is 0 Å². The Balaban J connectivity index is 2.27. The number of hydrogen-bond acceptors (Lipinski definition) is 4. The van der Waals surface area contributed by atoms with Crippen LogP contribution < -0.4 is 5.73 Å². The van der Waals surface area contributed by atoms with E-state index < -0.39 is 0 Å². The Labute approximate surface area is 116 Å². The van der Waals surface area contributed by atoms with E-state index in [9.17, 15) is 0 Å². The fourth-order valence-corrected chi connectivity index (χ4v) is 3.16. The van der Waals surface area contributed by atoms with Crippen molar-refractivity contribution in [3.63, 3.8) is 0 Å². The maximum Gasteiger partial charge on any atom is 0.145 e. The summed E-state index contributed by atoms with van der Waals surface area (Å²) >= 11 is 1.47. The number of rotatable bonds is 3. The van der Waals surface area contributed by atoms with Crippen molar-refractivity contribution in [3.05, 3.63) is 35.7 Å². The Morgan fingerprint density at radius 2 is 2.00 bits per heavy atom. The van der Waals surface area contributed by atoms with E-state index in [-0.39, 0.29) is 0 Å². The van der Waals surface area contributed by atoms with Gasteiger partial charge in [-0.2, -0.15) is 9.47 Å². The van der Waals surface area contributed by atoms with E-state index in [1.165, 1.54) is 11.5 Å². The van der Waals surface area contributed by atoms with Gasteiger partial charge in [-0.25, -0.2) is 4.68 Å². The summed E-state index contributed by atoms with van der Waals surface area (Å²) < 4.78 is 6.44. The molecule has 0 atom stereocenters. The first kappa shape index (κ1) is 12.2. The highest BCUT2D eigenvalue weighted by atomic mass is 32.1. The predicted molar refractivity (Wildman–Crippen MR) is 79.9 cm³/mol. The molecule has 3 rings (SSSR count). The van der Waals surface area contributed by atoms with Crippen LogP contribution in [0.3, 0.4) is 0 Å². The average Bonchev–Trinajstić information content (AvgIpc) is 2.99. The molecule has 3 aromatic rings. The summed E-state index contributed by atoms with van der Waals surface area (Å²) in [6, 6.07) is 8.13. The van der Waals surface area contributed by atoms with Crippen LogP contribution in [0.4, 0.5) is 5.69 Å². The number of aromatic nitrogens is 3. The highest BCUT2D eigenvalue weighted by molar-refractivity contribution is 7.10. The second-order valence-electron chi connectivity index (χ2n) is 4.43. The molecule has 5 heteroatoms. The second kappa shape index (κ2) is 4.66. The van der Waals surface area contributed by atoms with Gasteiger partial charge in [0.15, 0.2) is 0 Å². The third-order valence-corrected chi connectivity index (χ3v) is 4.18. The molecule has 2 aromatic heterocycles.